The first-order valence-corrected chi connectivity index (χ1v) is 11.9. The predicted octanol–water partition coefficient (Wildman–Crippen LogP) is 4.80. The lowest BCUT2D eigenvalue weighted by Gasteiger charge is -2.27. The monoisotopic (exact) mass is 454 g/mol. The van der Waals surface area contributed by atoms with Gasteiger partial charge in [-0.2, -0.15) is 0 Å². The van der Waals surface area contributed by atoms with E-state index in [9.17, 15) is 4.79 Å². The topological polar surface area (TPSA) is 43.7 Å². The van der Waals surface area contributed by atoms with Crippen molar-refractivity contribution in [2.24, 2.45) is 0 Å². The maximum Gasteiger partial charge on any atom is 0.195 e. The smallest absolute Gasteiger partial charge is 0.195 e. The molecule has 1 aliphatic rings. The van der Waals surface area contributed by atoms with E-state index in [4.69, 9.17) is 9.47 Å². The molecule has 174 valence electrons. The van der Waals surface area contributed by atoms with Crippen LogP contribution in [0.4, 0.5) is 0 Å². The summed E-state index contributed by atoms with van der Waals surface area (Å²) >= 11 is 0. The third kappa shape index (κ3) is 4.63. The molecule has 4 aromatic rings. The molecular formula is C29H30N2O3. The summed E-state index contributed by atoms with van der Waals surface area (Å²) in [4.78, 5) is 16.3. The van der Waals surface area contributed by atoms with E-state index in [0.29, 0.717) is 12.0 Å². The molecule has 0 N–H and O–H groups in total. The molecule has 0 aliphatic carbocycles. The van der Waals surface area contributed by atoms with Gasteiger partial charge in [0, 0.05) is 54.8 Å². The van der Waals surface area contributed by atoms with E-state index in [0.717, 1.165) is 67.3 Å². The second kappa shape index (κ2) is 10.2. The van der Waals surface area contributed by atoms with Crippen molar-refractivity contribution < 1.29 is 14.3 Å². The molecule has 3 aromatic carbocycles. The maximum atomic E-state index is 13.9. The number of carbonyl (C=O) groups excluding carboxylic acids is 1. The molecule has 0 spiro atoms. The SMILES string of the molecule is COc1ccc(C(=O)c2c(Cc3ccccc3)n(CCN3CCOCC3)c3ccccc23)cc1. The van der Waals surface area contributed by atoms with Gasteiger partial charge in [0.05, 0.1) is 25.9 Å². The van der Waals surface area contributed by atoms with E-state index in [1.807, 2.05) is 36.4 Å². The number of hydrogen-bond donors (Lipinski definition) is 0. The molecule has 2 heterocycles. The van der Waals surface area contributed by atoms with Gasteiger partial charge >= 0.3 is 0 Å². The lowest BCUT2D eigenvalue weighted by Crippen LogP contribution is -2.38. The molecule has 1 aliphatic heterocycles. The molecule has 0 radical (unpaired) electrons. The number of methoxy groups -OCH3 is 1. The van der Waals surface area contributed by atoms with Gasteiger partial charge in [-0.25, -0.2) is 0 Å². The van der Waals surface area contributed by atoms with Crippen LogP contribution in [-0.2, 0) is 17.7 Å². The summed E-state index contributed by atoms with van der Waals surface area (Å²) in [5, 5.41) is 1.01. The number of rotatable bonds is 8. The zero-order chi connectivity index (χ0) is 23.3. The van der Waals surface area contributed by atoms with Crippen molar-refractivity contribution in [3.63, 3.8) is 0 Å². The van der Waals surface area contributed by atoms with Gasteiger partial charge in [-0.15, -0.1) is 0 Å². The first kappa shape index (κ1) is 22.4. The highest BCUT2D eigenvalue weighted by Crippen LogP contribution is 2.31. The zero-order valence-corrected chi connectivity index (χ0v) is 19.6. The first-order valence-electron chi connectivity index (χ1n) is 11.9. The van der Waals surface area contributed by atoms with Gasteiger partial charge in [-0.05, 0) is 35.9 Å². The predicted molar refractivity (Wildman–Crippen MR) is 135 cm³/mol. The van der Waals surface area contributed by atoms with Crippen LogP contribution in [-0.4, -0.2) is 55.2 Å². The number of morpholine rings is 1. The van der Waals surface area contributed by atoms with E-state index in [1.165, 1.54) is 5.56 Å². The van der Waals surface area contributed by atoms with Gasteiger partial charge < -0.3 is 14.0 Å². The second-order valence-corrected chi connectivity index (χ2v) is 8.66. The summed E-state index contributed by atoms with van der Waals surface area (Å²) in [6, 6.07) is 26.1. The highest BCUT2D eigenvalue weighted by atomic mass is 16.5. The van der Waals surface area contributed by atoms with Gasteiger partial charge in [0.1, 0.15) is 5.75 Å². The van der Waals surface area contributed by atoms with Crippen LogP contribution in [0.5, 0.6) is 5.75 Å². The Morgan fingerprint density at radius 3 is 2.32 bits per heavy atom. The minimum absolute atomic E-state index is 0.0508. The maximum absolute atomic E-state index is 13.9. The molecule has 34 heavy (non-hydrogen) atoms. The van der Waals surface area contributed by atoms with Gasteiger partial charge in [0.15, 0.2) is 5.78 Å². The quantitative estimate of drug-likeness (QED) is 0.359. The van der Waals surface area contributed by atoms with E-state index in [1.54, 1.807) is 7.11 Å². The zero-order valence-electron chi connectivity index (χ0n) is 19.6. The van der Waals surface area contributed by atoms with Crippen LogP contribution < -0.4 is 4.74 Å². The molecule has 5 nitrogen and oxygen atoms in total. The fourth-order valence-corrected chi connectivity index (χ4v) is 4.79. The molecule has 0 amide bonds. The van der Waals surface area contributed by atoms with Crippen molar-refractivity contribution in [2.75, 3.05) is 40.0 Å². The fourth-order valence-electron chi connectivity index (χ4n) is 4.79. The Labute approximate surface area is 200 Å². The number of fused-ring (bicyclic) bond motifs is 1. The summed E-state index contributed by atoms with van der Waals surface area (Å²) in [6.45, 7) is 5.23. The Bertz CT molecular complexity index is 1260. The molecule has 1 aromatic heterocycles. The van der Waals surface area contributed by atoms with Crippen LogP contribution in [0.1, 0.15) is 27.2 Å². The van der Waals surface area contributed by atoms with Gasteiger partial charge in [0.25, 0.3) is 0 Å². The number of aromatic nitrogens is 1. The molecule has 0 atom stereocenters. The summed E-state index contributed by atoms with van der Waals surface area (Å²) in [5.41, 5.74) is 4.85. The second-order valence-electron chi connectivity index (χ2n) is 8.66. The first-order chi connectivity index (χ1) is 16.7. The van der Waals surface area contributed by atoms with Crippen LogP contribution in [0.2, 0.25) is 0 Å². The van der Waals surface area contributed by atoms with E-state index >= 15 is 0 Å². The van der Waals surface area contributed by atoms with Crippen LogP contribution in [0.3, 0.4) is 0 Å². The number of ether oxygens (including phenoxy) is 2. The lowest BCUT2D eigenvalue weighted by atomic mass is 9.97. The normalized spacial score (nSPS) is 14.4. The summed E-state index contributed by atoms with van der Waals surface area (Å²) in [6.07, 6.45) is 0.704. The largest absolute Gasteiger partial charge is 0.497 e. The summed E-state index contributed by atoms with van der Waals surface area (Å²) in [7, 11) is 1.64. The Kier molecular flexibility index (Phi) is 6.74. The van der Waals surface area contributed by atoms with Crippen LogP contribution >= 0.6 is 0 Å². The number of nitrogens with zero attached hydrogens (tertiary/aromatic N) is 2. The third-order valence-electron chi connectivity index (χ3n) is 6.62. The average molecular weight is 455 g/mol. The van der Waals surface area contributed by atoms with E-state index in [-0.39, 0.29) is 5.78 Å². The molecule has 5 heteroatoms. The summed E-state index contributed by atoms with van der Waals surface area (Å²) < 4.78 is 13.2. The fraction of sp³-hybridized carbons (Fsp3) is 0.276. The van der Waals surface area contributed by atoms with Crippen molar-refractivity contribution in [1.82, 2.24) is 9.47 Å². The number of carbonyl (C=O) groups is 1. The van der Waals surface area contributed by atoms with Crippen LogP contribution in [0.25, 0.3) is 10.9 Å². The van der Waals surface area contributed by atoms with Gasteiger partial charge in [-0.1, -0.05) is 48.5 Å². The Hall–Kier alpha value is -3.41. The van der Waals surface area contributed by atoms with E-state index in [2.05, 4.69) is 51.9 Å². The number of para-hydroxylation sites is 1. The standard InChI is InChI=1S/C29H30N2O3/c1-33-24-13-11-23(12-14-24)29(32)28-25-9-5-6-10-26(25)31(16-15-30-17-19-34-20-18-30)27(28)21-22-7-3-2-4-8-22/h2-14H,15-21H2,1H3. The van der Waals surface area contributed by atoms with Crippen molar-refractivity contribution in [1.29, 1.82) is 0 Å². The molecule has 5 rings (SSSR count). The number of benzene rings is 3. The minimum Gasteiger partial charge on any atom is -0.497 e. The minimum atomic E-state index is 0.0508. The molecular weight excluding hydrogens is 424 g/mol. The van der Waals surface area contributed by atoms with Crippen molar-refractivity contribution in [3.05, 3.63) is 101 Å². The van der Waals surface area contributed by atoms with Gasteiger partial charge in [-0.3, -0.25) is 9.69 Å². The Balaban J connectivity index is 1.60. The van der Waals surface area contributed by atoms with Crippen molar-refractivity contribution in [3.8, 4) is 5.75 Å². The van der Waals surface area contributed by atoms with Crippen molar-refractivity contribution in [2.45, 2.75) is 13.0 Å². The van der Waals surface area contributed by atoms with Gasteiger partial charge in [0.2, 0.25) is 0 Å². The summed E-state index contributed by atoms with van der Waals surface area (Å²) in [5.74, 6) is 0.795. The lowest BCUT2D eigenvalue weighted by molar-refractivity contribution is 0.0364. The van der Waals surface area contributed by atoms with E-state index < -0.39 is 0 Å². The van der Waals surface area contributed by atoms with Crippen LogP contribution in [0.15, 0.2) is 78.9 Å². The molecule has 0 bridgehead atoms. The van der Waals surface area contributed by atoms with Crippen LogP contribution in [0, 0.1) is 0 Å². The third-order valence-corrected chi connectivity index (χ3v) is 6.62. The Morgan fingerprint density at radius 2 is 1.59 bits per heavy atom. The number of ketones is 1. The van der Waals surface area contributed by atoms with Crippen molar-refractivity contribution >= 4 is 16.7 Å². The molecule has 1 fully saturated rings. The number of hydrogen-bond acceptors (Lipinski definition) is 4. The molecule has 0 saturated carbocycles. The highest BCUT2D eigenvalue weighted by Gasteiger charge is 2.24. The molecule has 0 unspecified atom stereocenters. The molecule has 1 saturated heterocycles. The Morgan fingerprint density at radius 1 is 0.882 bits per heavy atom. The highest BCUT2D eigenvalue weighted by molar-refractivity contribution is 6.17. The average Bonchev–Trinajstić information content (AvgIpc) is 3.21.